The summed E-state index contributed by atoms with van der Waals surface area (Å²) in [4.78, 5) is 19.6. The van der Waals surface area contributed by atoms with E-state index in [1.54, 1.807) is 6.21 Å². The maximum Gasteiger partial charge on any atom is 0.265 e. The zero-order chi connectivity index (χ0) is 19.8. The van der Waals surface area contributed by atoms with Crippen LogP contribution in [0, 0.1) is 6.92 Å². The van der Waals surface area contributed by atoms with Crippen LogP contribution in [0.15, 0.2) is 47.6 Å². The fourth-order valence-electron chi connectivity index (χ4n) is 3.16. The third-order valence-electron chi connectivity index (χ3n) is 4.75. The van der Waals surface area contributed by atoms with E-state index in [2.05, 4.69) is 34.4 Å². The smallest absolute Gasteiger partial charge is 0.265 e. The molecule has 148 valence electrons. The Bertz CT molecular complexity index is 812. The second kappa shape index (κ2) is 9.90. The minimum absolute atomic E-state index is 0.125. The molecule has 2 aromatic rings. The van der Waals surface area contributed by atoms with Crippen molar-refractivity contribution in [3.63, 3.8) is 0 Å². The third-order valence-corrected chi connectivity index (χ3v) is 4.75. The summed E-state index contributed by atoms with van der Waals surface area (Å²) in [5.74, 6) is -0.219. The van der Waals surface area contributed by atoms with Gasteiger partial charge >= 0.3 is 0 Å². The van der Waals surface area contributed by atoms with Gasteiger partial charge in [0.15, 0.2) is 6.61 Å². The van der Waals surface area contributed by atoms with Gasteiger partial charge in [0.1, 0.15) is 0 Å². The number of benzene rings is 2. The van der Waals surface area contributed by atoms with Crippen LogP contribution < -0.4 is 10.2 Å². The van der Waals surface area contributed by atoms with Crippen LogP contribution in [0.1, 0.15) is 23.6 Å². The first-order chi connectivity index (χ1) is 13.7. The summed E-state index contributed by atoms with van der Waals surface area (Å²) < 4.78 is 5.37. The van der Waals surface area contributed by atoms with Crippen LogP contribution >= 0.6 is 0 Å². The molecule has 0 radical (unpaired) electrons. The van der Waals surface area contributed by atoms with Crippen molar-refractivity contribution in [3.05, 3.63) is 59.2 Å². The minimum atomic E-state index is -0.219. The van der Waals surface area contributed by atoms with E-state index < -0.39 is 0 Å². The molecule has 0 unspecified atom stereocenters. The van der Waals surface area contributed by atoms with Gasteiger partial charge in [0, 0.05) is 24.5 Å². The van der Waals surface area contributed by atoms with Gasteiger partial charge in [-0.2, -0.15) is 0 Å². The molecule has 0 spiro atoms. The second-order valence-corrected chi connectivity index (χ2v) is 6.71. The standard InChI is InChI=1S/C22H27N3O3/c1-3-19-6-4-5-17(2)22(19)24-21(26)16-28-23-15-18-7-9-20(10-8-18)25-11-13-27-14-12-25/h4-10,15H,3,11-14,16H2,1-2H3,(H,24,26). The van der Waals surface area contributed by atoms with Crippen molar-refractivity contribution in [2.45, 2.75) is 20.3 Å². The molecule has 0 atom stereocenters. The molecule has 1 saturated heterocycles. The fraction of sp³-hybridized carbons (Fsp3) is 0.364. The molecule has 1 amide bonds. The molecule has 0 bridgehead atoms. The summed E-state index contributed by atoms with van der Waals surface area (Å²) in [6, 6.07) is 14.1. The molecule has 1 heterocycles. The molecule has 2 aromatic carbocycles. The van der Waals surface area contributed by atoms with Crippen molar-refractivity contribution < 1.29 is 14.4 Å². The Morgan fingerprint density at radius 2 is 1.96 bits per heavy atom. The van der Waals surface area contributed by atoms with E-state index in [0.717, 1.165) is 55.1 Å². The van der Waals surface area contributed by atoms with E-state index >= 15 is 0 Å². The largest absolute Gasteiger partial charge is 0.386 e. The molecule has 6 heteroatoms. The molecule has 3 rings (SSSR count). The summed E-state index contributed by atoms with van der Waals surface area (Å²) in [6.45, 7) is 7.27. The number of hydrogen-bond acceptors (Lipinski definition) is 5. The Hall–Kier alpha value is -2.86. The molecule has 1 N–H and O–H groups in total. The normalized spacial score (nSPS) is 14.3. The molecule has 0 aliphatic carbocycles. The van der Waals surface area contributed by atoms with E-state index in [1.165, 1.54) is 5.69 Å². The average Bonchev–Trinajstić information content (AvgIpc) is 2.74. The predicted molar refractivity (Wildman–Crippen MR) is 112 cm³/mol. The Kier molecular flexibility index (Phi) is 7.03. The number of carbonyl (C=O) groups excluding carboxylic acids is 1. The lowest BCUT2D eigenvalue weighted by molar-refractivity contribution is -0.120. The maximum absolute atomic E-state index is 12.1. The number of morpholine rings is 1. The van der Waals surface area contributed by atoms with Gasteiger partial charge in [-0.1, -0.05) is 42.4 Å². The molecule has 1 fully saturated rings. The first kappa shape index (κ1) is 19.9. The number of nitrogens with one attached hydrogen (secondary N) is 1. The summed E-state index contributed by atoms with van der Waals surface area (Å²) in [7, 11) is 0. The lowest BCUT2D eigenvalue weighted by atomic mass is 10.1. The molecule has 28 heavy (non-hydrogen) atoms. The number of aryl methyl sites for hydroxylation is 2. The van der Waals surface area contributed by atoms with Crippen LogP contribution in [0.25, 0.3) is 0 Å². The van der Waals surface area contributed by atoms with Gasteiger partial charge in [0.25, 0.3) is 5.91 Å². The van der Waals surface area contributed by atoms with Crippen LogP contribution in [0.3, 0.4) is 0 Å². The number of rotatable bonds is 7. The van der Waals surface area contributed by atoms with Crippen LogP contribution in [-0.4, -0.2) is 45.0 Å². The SMILES string of the molecule is CCc1cccc(C)c1NC(=O)CON=Cc1ccc(N2CCOCC2)cc1. The van der Waals surface area contributed by atoms with Gasteiger partial charge in [0.05, 0.1) is 19.4 Å². The van der Waals surface area contributed by atoms with Crippen molar-refractivity contribution in [1.82, 2.24) is 0 Å². The summed E-state index contributed by atoms with van der Waals surface area (Å²) in [5.41, 5.74) is 5.10. The highest BCUT2D eigenvalue weighted by molar-refractivity contribution is 5.93. The highest BCUT2D eigenvalue weighted by atomic mass is 16.6. The van der Waals surface area contributed by atoms with Gasteiger partial charge < -0.3 is 19.8 Å². The fourth-order valence-corrected chi connectivity index (χ4v) is 3.16. The lowest BCUT2D eigenvalue weighted by Gasteiger charge is -2.28. The number of ether oxygens (including phenoxy) is 1. The maximum atomic E-state index is 12.1. The van der Waals surface area contributed by atoms with Gasteiger partial charge in [-0.05, 0) is 42.2 Å². The Morgan fingerprint density at radius 3 is 2.68 bits per heavy atom. The molecular weight excluding hydrogens is 354 g/mol. The molecule has 0 saturated carbocycles. The molecule has 1 aliphatic rings. The topological polar surface area (TPSA) is 63.2 Å². The monoisotopic (exact) mass is 381 g/mol. The van der Waals surface area contributed by atoms with Gasteiger partial charge in [-0.15, -0.1) is 0 Å². The van der Waals surface area contributed by atoms with E-state index in [4.69, 9.17) is 9.57 Å². The lowest BCUT2D eigenvalue weighted by Crippen LogP contribution is -2.36. The van der Waals surface area contributed by atoms with Crippen LogP contribution in [0.2, 0.25) is 0 Å². The van der Waals surface area contributed by atoms with Crippen LogP contribution in [0.5, 0.6) is 0 Å². The molecule has 1 aliphatic heterocycles. The van der Waals surface area contributed by atoms with Crippen molar-refractivity contribution in [2.24, 2.45) is 5.16 Å². The third kappa shape index (κ3) is 5.33. The summed E-state index contributed by atoms with van der Waals surface area (Å²) in [6.07, 6.45) is 2.47. The average molecular weight is 381 g/mol. The Labute approximate surface area is 166 Å². The number of nitrogens with zero attached hydrogens (tertiary/aromatic N) is 2. The molecule has 0 aromatic heterocycles. The van der Waals surface area contributed by atoms with Gasteiger partial charge in [-0.3, -0.25) is 4.79 Å². The highest BCUT2D eigenvalue weighted by Gasteiger charge is 2.11. The van der Waals surface area contributed by atoms with Crippen LogP contribution in [-0.2, 0) is 20.8 Å². The van der Waals surface area contributed by atoms with Crippen molar-refractivity contribution in [3.8, 4) is 0 Å². The van der Waals surface area contributed by atoms with Crippen molar-refractivity contribution in [2.75, 3.05) is 43.1 Å². The van der Waals surface area contributed by atoms with E-state index in [0.29, 0.717) is 0 Å². The number of hydrogen-bond donors (Lipinski definition) is 1. The number of amides is 1. The van der Waals surface area contributed by atoms with Gasteiger partial charge in [-0.25, -0.2) is 0 Å². The van der Waals surface area contributed by atoms with Crippen LogP contribution in [0.4, 0.5) is 11.4 Å². The van der Waals surface area contributed by atoms with Crippen molar-refractivity contribution >= 4 is 23.5 Å². The Balaban J connectivity index is 1.48. The van der Waals surface area contributed by atoms with E-state index in [9.17, 15) is 4.79 Å². The highest BCUT2D eigenvalue weighted by Crippen LogP contribution is 2.21. The molecule has 6 nitrogen and oxygen atoms in total. The zero-order valence-corrected chi connectivity index (χ0v) is 16.5. The predicted octanol–water partition coefficient (Wildman–Crippen LogP) is 3.38. The first-order valence-corrected chi connectivity index (χ1v) is 9.64. The van der Waals surface area contributed by atoms with E-state index in [1.807, 2.05) is 37.3 Å². The number of oxime groups is 1. The summed E-state index contributed by atoms with van der Waals surface area (Å²) >= 11 is 0. The summed E-state index contributed by atoms with van der Waals surface area (Å²) in [5, 5.41) is 6.83. The Morgan fingerprint density at radius 1 is 1.21 bits per heavy atom. The first-order valence-electron chi connectivity index (χ1n) is 9.64. The minimum Gasteiger partial charge on any atom is -0.386 e. The number of para-hydroxylation sites is 1. The number of anilines is 2. The second-order valence-electron chi connectivity index (χ2n) is 6.71. The van der Waals surface area contributed by atoms with Crippen molar-refractivity contribution in [1.29, 1.82) is 0 Å². The zero-order valence-electron chi connectivity index (χ0n) is 16.5. The quantitative estimate of drug-likeness (QED) is 0.590. The molecular formula is C22H27N3O3. The van der Waals surface area contributed by atoms with E-state index in [-0.39, 0.29) is 12.5 Å². The van der Waals surface area contributed by atoms with Gasteiger partial charge in [0.2, 0.25) is 0 Å². The number of carbonyl (C=O) groups is 1.